The van der Waals surface area contributed by atoms with E-state index < -0.39 is 5.97 Å². The lowest BCUT2D eigenvalue weighted by atomic mass is 10.1. The summed E-state index contributed by atoms with van der Waals surface area (Å²) in [4.78, 5) is 13.0. The zero-order valence-electron chi connectivity index (χ0n) is 11.9. The van der Waals surface area contributed by atoms with Gasteiger partial charge in [0.2, 0.25) is 0 Å². The Bertz CT molecular complexity index is 440. The van der Waals surface area contributed by atoms with Crippen LogP contribution < -0.4 is 0 Å². The third-order valence-corrected chi connectivity index (χ3v) is 3.94. The van der Waals surface area contributed by atoms with Gasteiger partial charge in [0.05, 0.1) is 12.5 Å². The van der Waals surface area contributed by atoms with Gasteiger partial charge in [-0.05, 0) is 31.0 Å². The summed E-state index contributed by atoms with van der Waals surface area (Å²) in [5, 5.41) is 8.96. The van der Waals surface area contributed by atoms with Crippen molar-refractivity contribution in [1.82, 2.24) is 4.90 Å². The van der Waals surface area contributed by atoms with Crippen LogP contribution in [0.5, 0.6) is 0 Å². The maximum atomic E-state index is 10.9. The van der Waals surface area contributed by atoms with E-state index in [-0.39, 0.29) is 5.92 Å². The van der Waals surface area contributed by atoms with Gasteiger partial charge in [0.15, 0.2) is 0 Å². The molecule has 1 aromatic rings. The number of aliphatic carboxylic acids is 1. The quantitative estimate of drug-likeness (QED) is 0.823. The molecule has 0 saturated heterocycles. The molecule has 0 aromatic carbocycles. The maximum absolute atomic E-state index is 10.9. The van der Waals surface area contributed by atoms with Crippen LogP contribution in [0.15, 0.2) is 16.5 Å². The normalized spacial score (nSPS) is 23.6. The molecule has 0 spiro atoms. The fourth-order valence-electron chi connectivity index (χ4n) is 2.39. The topological polar surface area (TPSA) is 53.7 Å². The molecule has 0 bridgehead atoms. The third-order valence-electron chi connectivity index (χ3n) is 3.94. The lowest BCUT2D eigenvalue weighted by Crippen LogP contribution is -2.31. The molecule has 3 unspecified atom stereocenters. The SMILES string of the molecule is CCN(Cc1ccc(C2CC2C)o1)CC(C)C(=O)O. The maximum Gasteiger partial charge on any atom is 0.307 e. The van der Waals surface area contributed by atoms with Crippen LogP contribution in [0.4, 0.5) is 0 Å². The van der Waals surface area contributed by atoms with Crippen molar-refractivity contribution in [1.29, 1.82) is 0 Å². The fourth-order valence-corrected chi connectivity index (χ4v) is 2.39. The molecule has 1 fully saturated rings. The van der Waals surface area contributed by atoms with E-state index in [4.69, 9.17) is 9.52 Å². The van der Waals surface area contributed by atoms with Crippen LogP contribution in [-0.2, 0) is 11.3 Å². The second-order valence-corrected chi connectivity index (χ2v) is 5.69. The highest BCUT2D eigenvalue weighted by Crippen LogP contribution is 2.47. The third kappa shape index (κ3) is 3.60. The number of carbonyl (C=O) groups is 1. The number of rotatable bonds is 7. The second-order valence-electron chi connectivity index (χ2n) is 5.69. The minimum absolute atomic E-state index is 0.349. The summed E-state index contributed by atoms with van der Waals surface area (Å²) in [6.45, 7) is 8.09. The largest absolute Gasteiger partial charge is 0.481 e. The van der Waals surface area contributed by atoms with Gasteiger partial charge in [-0.15, -0.1) is 0 Å². The van der Waals surface area contributed by atoms with Crippen LogP contribution >= 0.6 is 0 Å². The molecule has 106 valence electrons. The highest BCUT2D eigenvalue weighted by Gasteiger charge is 2.36. The molecule has 1 aliphatic rings. The zero-order valence-corrected chi connectivity index (χ0v) is 11.9. The lowest BCUT2D eigenvalue weighted by Gasteiger charge is -2.21. The Morgan fingerprint density at radius 1 is 1.58 bits per heavy atom. The molecule has 1 aromatic heterocycles. The van der Waals surface area contributed by atoms with Crippen molar-refractivity contribution in [2.24, 2.45) is 11.8 Å². The van der Waals surface area contributed by atoms with E-state index >= 15 is 0 Å². The molecule has 0 radical (unpaired) electrons. The first-order chi connectivity index (χ1) is 9.01. The summed E-state index contributed by atoms with van der Waals surface area (Å²) in [7, 11) is 0. The molecule has 3 atom stereocenters. The van der Waals surface area contributed by atoms with Crippen molar-refractivity contribution in [3.8, 4) is 0 Å². The van der Waals surface area contributed by atoms with Gasteiger partial charge < -0.3 is 9.52 Å². The minimum Gasteiger partial charge on any atom is -0.481 e. The molecule has 1 N–H and O–H groups in total. The van der Waals surface area contributed by atoms with Crippen LogP contribution in [0.1, 0.15) is 44.6 Å². The second kappa shape index (κ2) is 5.78. The van der Waals surface area contributed by atoms with Crippen molar-refractivity contribution in [3.63, 3.8) is 0 Å². The fraction of sp³-hybridized carbons (Fsp3) is 0.667. The van der Waals surface area contributed by atoms with E-state index in [0.29, 0.717) is 19.0 Å². The molecule has 0 amide bonds. The molecule has 4 heteroatoms. The Kier molecular flexibility index (Phi) is 4.30. The summed E-state index contributed by atoms with van der Waals surface area (Å²) in [6, 6.07) is 4.09. The first-order valence-corrected chi connectivity index (χ1v) is 7.05. The monoisotopic (exact) mass is 265 g/mol. The van der Waals surface area contributed by atoms with Gasteiger partial charge >= 0.3 is 5.97 Å². The van der Waals surface area contributed by atoms with E-state index in [1.807, 2.05) is 13.0 Å². The molecule has 1 aliphatic carbocycles. The Morgan fingerprint density at radius 2 is 2.26 bits per heavy atom. The smallest absolute Gasteiger partial charge is 0.307 e. The average molecular weight is 265 g/mol. The molecular formula is C15H23NO3. The minimum atomic E-state index is -0.745. The van der Waals surface area contributed by atoms with E-state index in [9.17, 15) is 4.79 Å². The van der Waals surface area contributed by atoms with E-state index in [0.717, 1.165) is 24.0 Å². The van der Waals surface area contributed by atoms with Gasteiger partial charge in [0.25, 0.3) is 0 Å². The van der Waals surface area contributed by atoms with E-state index in [1.54, 1.807) is 6.92 Å². The van der Waals surface area contributed by atoms with Crippen LogP contribution in [0.2, 0.25) is 0 Å². The molecular weight excluding hydrogens is 242 g/mol. The number of furan rings is 1. The standard InChI is InChI=1S/C15H23NO3/c1-4-16(8-11(3)15(17)18)9-12-5-6-14(19-12)13-7-10(13)2/h5-6,10-11,13H,4,7-9H2,1-3H3,(H,17,18). The van der Waals surface area contributed by atoms with Crippen LogP contribution in [0, 0.1) is 11.8 Å². The number of carboxylic acids is 1. The Morgan fingerprint density at radius 3 is 2.79 bits per heavy atom. The predicted molar refractivity (Wildman–Crippen MR) is 73.0 cm³/mol. The number of carboxylic acid groups (broad SMARTS) is 1. The number of hydrogen-bond acceptors (Lipinski definition) is 3. The first-order valence-electron chi connectivity index (χ1n) is 7.05. The summed E-state index contributed by atoms with van der Waals surface area (Å²) in [5.74, 6) is 2.27. The van der Waals surface area contributed by atoms with Crippen LogP contribution in [-0.4, -0.2) is 29.1 Å². The van der Waals surface area contributed by atoms with Crippen molar-refractivity contribution in [2.45, 2.75) is 39.7 Å². The highest BCUT2D eigenvalue weighted by atomic mass is 16.4. The summed E-state index contributed by atoms with van der Waals surface area (Å²) in [5.41, 5.74) is 0. The van der Waals surface area contributed by atoms with Gasteiger partial charge in [-0.2, -0.15) is 0 Å². The number of hydrogen-bond donors (Lipinski definition) is 1. The molecule has 19 heavy (non-hydrogen) atoms. The molecule has 0 aliphatic heterocycles. The first kappa shape index (κ1) is 14.1. The Hall–Kier alpha value is -1.29. The Labute approximate surface area is 114 Å². The van der Waals surface area contributed by atoms with Crippen molar-refractivity contribution >= 4 is 5.97 Å². The summed E-state index contributed by atoms with van der Waals surface area (Å²) >= 11 is 0. The molecule has 4 nitrogen and oxygen atoms in total. The molecule has 1 heterocycles. The molecule has 1 saturated carbocycles. The van der Waals surface area contributed by atoms with Gasteiger partial charge in [-0.1, -0.05) is 20.8 Å². The van der Waals surface area contributed by atoms with Crippen molar-refractivity contribution < 1.29 is 14.3 Å². The highest BCUT2D eigenvalue weighted by molar-refractivity contribution is 5.69. The van der Waals surface area contributed by atoms with Gasteiger partial charge in [-0.3, -0.25) is 9.69 Å². The van der Waals surface area contributed by atoms with Gasteiger partial charge in [0.1, 0.15) is 11.5 Å². The number of nitrogens with zero attached hydrogens (tertiary/aromatic N) is 1. The van der Waals surface area contributed by atoms with Crippen LogP contribution in [0.3, 0.4) is 0 Å². The average Bonchev–Trinajstić information content (AvgIpc) is 2.91. The lowest BCUT2D eigenvalue weighted by molar-refractivity contribution is -0.141. The van der Waals surface area contributed by atoms with E-state index in [1.165, 1.54) is 6.42 Å². The van der Waals surface area contributed by atoms with E-state index in [2.05, 4.69) is 17.9 Å². The van der Waals surface area contributed by atoms with Gasteiger partial charge in [0, 0.05) is 12.5 Å². The zero-order chi connectivity index (χ0) is 14.0. The van der Waals surface area contributed by atoms with Crippen LogP contribution in [0.25, 0.3) is 0 Å². The van der Waals surface area contributed by atoms with Gasteiger partial charge in [-0.25, -0.2) is 0 Å². The Balaban J connectivity index is 1.90. The predicted octanol–water partition coefficient (Wildman–Crippen LogP) is 2.95. The molecule has 2 rings (SSSR count). The van der Waals surface area contributed by atoms with Crippen molar-refractivity contribution in [3.05, 3.63) is 23.7 Å². The van der Waals surface area contributed by atoms with Crippen molar-refractivity contribution in [2.75, 3.05) is 13.1 Å². The summed E-state index contributed by atoms with van der Waals surface area (Å²) in [6.07, 6.45) is 1.22. The summed E-state index contributed by atoms with van der Waals surface area (Å²) < 4.78 is 5.86.